The Kier molecular flexibility index (Phi) is 3.69. The predicted molar refractivity (Wildman–Crippen MR) is 42.1 cm³/mol. The predicted octanol–water partition coefficient (Wildman–Crippen LogP) is 0.903. The highest BCUT2D eigenvalue weighted by molar-refractivity contribution is 6.38. The van der Waals surface area contributed by atoms with Crippen molar-refractivity contribution >= 4 is 11.5 Å². The Labute approximate surface area is 61.7 Å². The van der Waals surface area contributed by atoms with E-state index in [2.05, 4.69) is 5.10 Å². The van der Waals surface area contributed by atoms with Gasteiger partial charge in [0.2, 0.25) is 0 Å². The van der Waals surface area contributed by atoms with Gasteiger partial charge in [0.25, 0.3) is 0 Å². The average molecular weight is 142 g/mol. The maximum Gasteiger partial charge on any atom is 0.175 e. The summed E-state index contributed by atoms with van der Waals surface area (Å²) in [7, 11) is 3.61. The minimum Gasteiger partial charge on any atom is -0.303 e. The molecule has 0 aliphatic rings. The van der Waals surface area contributed by atoms with Crippen LogP contribution >= 0.6 is 0 Å². The summed E-state index contributed by atoms with van der Waals surface area (Å²) < 4.78 is 0. The minimum absolute atomic E-state index is 0.0520. The molecule has 0 bridgehead atoms. The van der Waals surface area contributed by atoms with E-state index in [1.54, 1.807) is 19.1 Å². The van der Waals surface area contributed by atoms with Crippen LogP contribution < -0.4 is 0 Å². The third kappa shape index (κ3) is 3.22. The number of hydrogen-bond donors (Lipinski definition) is 0. The van der Waals surface area contributed by atoms with Crippen LogP contribution in [0.25, 0.3) is 0 Å². The normalized spacial score (nSPS) is 11.4. The van der Waals surface area contributed by atoms with Gasteiger partial charge in [-0.25, -0.2) is 0 Å². The SMILES string of the molecule is CCC(=NN(C)C)C(C)=O. The molecule has 0 atom stereocenters. The fourth-order valence-corrected chi connectivity index (χ4v) is 0.631. The molecule has 0 aromatic carbocycles. The summed E-state index contributed by atoms with van der Waals surface area (Å²) in [5, 5.41) is 5.63. The number of carbonyl (C=O) groups is 1. The summed E-state index contributed by atoms with van der Waals surface area (Å²) in [6.07, 6.45) is 0.702. The van der Waals surface area contributed by atoms with E-state index < -0.39 is 0 Å². The Morgan fingerprint density at radius 2 is 2.00 bits per heavy atom. The van der Waals surface area contributed by atoms with Crippen LogP contribution in [0.5, 0.6) is 0 Å². The fourth-order valence-electron chi connectivity index (χ4n) is 0.631. The second kappa shape index (κ2) is 4.04. The Morgan fingerprint density at radius 3 is 2.10 bits per heavy atom. The molecule has 0 aromatic heterocycles. The smallest absolute Gasteiger partial charge is 0.175 e. The Hall–Kier alpha value is -0.860. The van der Waals surface area contributed by atoms with Crippen LogP contribution in [-0.4, -0.2) is 30.6 Å². The van der Waals surface area contributed by atoms with Crippen molar-refractivity contribution < 1.29 is 4.79 Å². The maximum absolute atomic E-state index is 10.8. The van der Waals surface area contributed by atoms with E-state index in [4.69, 9.17) is 0 Å². The molecular formula is C7H14N2O. The summed E-state index contributed by atoms with van der Waals surface area (Å²) in [6.45, 7) is 3.45. The lowest BCUT2D eigenvalue weighted by atomic mass is 10.2. The quantitative estimate of drug-likeness (QED) is 0.433. The van der Waals surface area contributed by atoms with Crippen molar-refractivity contribution in [1.29, 1.82) is 0 Å². The third-order valence-electron chi connectivity index (χ3n) is 1.06. The highest BCUT2D eigenvalue weighted by Crippen LogP contribution is 1.89. The minimum atomic E-state index is 0.0520. The Bertz CT molecular complexity index is 150. The van der Waals surface area contributed by atoms with Crippen molar-refractivity contribution in [1.82, 2.24) is 5.01 Å². The van der Waals surface area contributed by atoms with Crippen molar-refractivity contribution in [3.63, 3.8) is 0 Å². The third-order valence-corrected chi connectivity index (χ3v) is 1.06. The molecule has 0 fully saturated rings. The molecule has 0 spiro atoms. The number of nitrogens with zero attached hydrogens (tertiary/aromatic N) is 2. The zero-order chi connectivity index (χ0) is 8.15. The second-order valence-corrected chi connectivity index (χ2v) is 2.30. The molecule has 0 saturated heterocycles. The molecule has 0 aliphatic carbocycles. The van der Waals surface area contributed by atoms with Gasteiger partial charge < -0.3 is 5.01 Å². The fraction of sp³-hybridized carbons (Fsp3) is 0.714. The first-order valence-electron chi connectivity index (χ1n) is 3.33. The second-order valence-electron chi connectivity index (χ2n) is 2.30. The molecule has 0 N–H and O–H groups in total. The first-order valence-corrected chi connectivity index (χ1v) is 3.33. The van der Waals surface area contributed by atoms with Crippen molar-refractivity contribution in [2.45, 2.75) is 20.3 Å². The molecule has 3 nitrogen and oxygen atoms in total. The zero-order valence-electron chi connectivity index (χ0n) is 7.01. The van der Waals surface area contributed by atoms with Gasteiger partial charge in [0, 0.05) is 21.0 Å². The monoisotopic (exact) mass is 142 g/mol. The summed E-state index contributed by atoms with van der Waals surface area (Å²) >= 11 is 0. The van der Waals surface area contributed by atoms with E-state index in [9.17, 15) is 4.79 Å². The molecule has 3 heteroatoms. The van der Waals surface area contributed by atoms with Crippen LogP contribution in [0.15, 0.2) is 5.10 Å². The van der Waals surface area contributed by atoms with E-state index in [0.29, 0.717) is 12.1 Å². The number of hydrogen-bond acceptors (Lipinski definition) is 3. The van der Waals surface area contributed by atoms with Gasteiger partial charge in [0.15, 0.2) is 5.78 Å². The van der Waals surface area contributed by atoms with Gasteiger partial charge >= 0.3 is 0 Å². The van der Waals surface area contributed by atoms with Gasteiger partial charge in [-0.15, -0.1) is 0 Å². The van der Waals surface area contributed by atoms with Crippen LogP contribution in [-0.2, 0) is 4.79 Å². The van der Waals surface area contributed by atoms with E-state index >= 15 is 0 Å². The molecule has 0 saturated carbocycles. The highest BCUT2D eigenvalue weighted by Gasteiger charge is 2.01. The summed E-state index contributed by atoms with van der Waals surface area (Å²) in [4.78, 5) is 10.8. The molecule has 0 unspecified atom stereocenters. The van der Waals surface area contributed by atoms with E-state index in [1.165, 1.54) is 6.92 Å². The molecule has 58 valence electrons. The molecule has 0 amide bonds. The van der Waals surface area contributed by atoms with Gasteiger partial charge in [-0.05, 0) is 6.42 Å². The molecule has 10 heavy (non-hydrogen) atoms. The van der Waals surface area contributed by atoms with Crippen LogP contribution in [0, 0.1) is 0 Å². The maximum atomic E-state index is 10.8. The first-order chi connectivity index (χ1) is 4.57. The largest absolute Gasteiger partial charge is 0.303 e. The van der Waals surface area contributed by atoms with Gasteiger partial charge in [0.05, 0.1) is 0 Å². The van der Waals surface area contributed by atoms with Gasteiger partial charge in [-0.1, -0.05) is 6.92 Å². The van der Waals surface area contributed by atoms with E-state index in [1.807, 2.05) is 6.92 Å². The summed E-state index contributed by atoms with van der Waals surface area (Å²) in [5.41, 5.74) is 0.630. The van der Waals surface area contributed by atoms with Crippen LogP contribution in [0.1, 0.15) is 20.3 Å². The molecule has 0 aliphatic heterocycles. The Morgan fingerprint density at radius 1 is 1.50 bits per heavy atom. The number of carbonyl (C=O) groups excluding carboxylic acids is 1. The first kappa shape index (κ1) is 9.14. The highest BCUT2D eigenvalue weighted by atomic mass is 16.1. The molecule has 0 heterocycles. The van der Waals surface area contributed by atoms with Gasteiger partial charge in [0.1, 0.15) is 5.71 Å². The molecule has 0 aromatic rings. The standard InChI is InChI=1S/C7H14N2O/c1-5-7(6(2)10)8-9(3)4/h5H2,1-4H3. The van der Waals surface area contributed by atoms with Crippen molar-refractivity contribution in [2.24, 2.45) is 5.10 Å². The number of hydrazone groups is 1. The lowest BCUT2D eigenvalue weighted by Crippen LogP contribution is -2.14. The molecular weight excluding hydrogens is 128 g/mol. The number of rotatable bonds is 3. The Balaban J connectivity index is 4.19. The average Bonchev–Trinajstić information content (AvgIpc) is 1.81. The van der Waals surface area contributed by atoms with Crippen LogP contribution in [0.4, 0.5) is 0 Å². The van der Waals surface area contributed by atoms with Crippen molar-refractivity contribution in [3.05, 3.63) is 0 Å². The van der Waals surface area contributed by atoms with Crippen molar-refractivity contribution in [3.8, 4) is 0 Å². The van der Waals surface area contributed by atoms with E-state index in [0.717, 1.165) is 0 Å². The lowest BCUT2D eigenvalue weighted by molar-refractivity contribution is -0.111. The van der Waals surface area contributed by atoms with Gasteiger partial charge in [-0.3, -0.25) is 4.79 Å². The lowest BCUT2D eigenvalue weighted by Gasteiger charge is -2.05. The van der Waals surface area contributed by atoms with Crippen LogP contribution in [0.2, 0.25) is 0 Å². The van der Waals surface area contributed by atoms with Crippen molar-refractivity contribution in [2.75, 3.05) is 14.1 Å². The molecule has 0 rings (SSSR count). The van der Waals surface area contributed by atoms with Crippen LogP contribution in [0.3, 0.4) is 0 Å². The van der Waals surface area contributed by atoms with E-state index in [-0.39, 0.29) is 5.78 Å². The zero-order valence-corrected chi connectivity index (χ0v) is 7.01. The summed E-state index contributed by atoms with van der Waals surface area (Å²) in [5.74, 6) is 0.0520. The summed E-state index contributed by atoms with van der Waals surface area (Å²) in [6, 6.07) is 0. The number of Topliss-reactive ketones (excluding diaryl/α,β-unsaturated/α-hetero) is 1. The van der Waals surface area contributed by atoms with Gasteiger partial charge in [-0.2, -0.15) is 5.10 Å². The molecule has 0 radical (unpaired) electrons. The topological polar surface area (TPSA) is 32.7 Å². The number of ketones is 1.